The van der Waals surface area contributed by atoms with Gasteiger partial charge in [0.25, 0.3) is 0 Å². The van der Waals surface area contributed by atoms with Gasteiger partial charge in [0.1, 0.15) is 11.4 Å². The Balaban J connectivity index is 1.33. The molecule has 7 aromatic carbocycles. The van der Waals surface area contributed by atoms with E-state index in [-0.39, 0.29) is 0 Å². The second-order valence-electron chi connectivity index (χ2n) is 13.5. The molecule has 0 spiro atoms. The number of benzene rings is 7. The molecule has 0 N–H and O–H groups in total. The Bertz CT molecular complexity index is 2520. The van der Waals surface area contributed by atoms with Gasteiger partial charge in [-0.05, 0) is 64.7 Å². The highest BCUT2D eigenvalue weighted by atomic mass is 15.3. The van der Waals surface area contributed by atoms with Crippen LogP contribution in [0.1, 0.15) is 0 Å². The molecule has 8 aromatic rings. The maximum absolute atomic E-state index is 2.65. The minimum Gasteiger partial charge on any atom is -0.410 e. The highest BCUT2D eigenvalue weighted by Crippen LogP contribution is 2.44. The van der Waals surface area contributed by atoms with Crippen molar-refractivity contribution in [3.63, 3.8) is 0 Å². The van der Waals surface area contributed by atoms with Gasteiger partial charge in [-0.25, -0.2) is 9.80 Å². The van der Waals surface area contributed by atoms with E-state index in [0.717, 1.165) is 23.0 Å². The Labute approximate surface area is 298 Å². The fraction of sp³-hybridized carbons (Fsp3) is 0. The molecule has 0 saturated carbocycles. The highest BCUT2D eigenvalue weighted by Gasteiger charge is 2.51. The lowest BCUT2D eigenvalue weighted by atomic mass is 9.22. The number of rotatable bonds is 5. The maximum atomic E-state index is 2.65. The van der Waals surface area contributed by atoms with Gasteiger partial charge < -0.3 is 4.48 Å². The number of aromatic nitrogens is 1. The summed E-state index contributed by atoms with van der Waals surface area (Å²) in [6, 6.07) is 75.3. The van der Waals surface area contributed by atoms with Crippen LogP contribution in [0.5, 0.6) is 0 Å². The van der Waals surface area contributed by atoms with Gasteiger partial charge in [0.05, 0.1) is 11.4 Å². The molecule has 0 radical (unpaired) electrons. The van der Waals surface area contributed by atoms with Crippen LogP contribution < -0.4 is 30.7 Å². The van der Waals surface area contributed by atoms with Crippen molar-refractivity contribution in [3.8, 4) is 22.3 Å². The third kappa shape index (κ3) is 4.43. The van der Waals surface area contributed by atoms with Crippen molar-refractivity contribution in [1.82, 2.24) is 0 Å². The highest BCUT2D eigenvalue weighted by molar-refractivity contribution is 7.07. The minimum atomic E-state index is -1.72. The molecule has 0 amide bonds. The van der Waals surface area contributed by atoms with E-state index in [1.54, 1.807) is 0 Å². The molecule has 0 aliphatic carbocycles. The van der Waals surface area contributed by atoms with Crippen LogP contribution in [0.2, 0.25) is 0 Å². The molecule has 0 saturated heterocycles. The summed E-state index contributed by atoms with van der Waals surface area (Å²) in [4.78, 5) is 4.90. The third-order valence-corrected chi connectivity index (χ3v) is 10.8. The molecule has 3 nitrogen and oxygen atoms in total. The van der Waals surface area contributed by atoms with Gasteiger partial charge in [0.15, 0.2) is 11.6 Å². The SMILES string of the molecule is c1ccc(-c2ccc(N3c4ccc(-c5ccccc5)cc4[B-]4(c5ccccc5)c5ccccc5N(c5ccccc5)c5cccc3[n+]54)cc2)cc1. The van der Waals surface area contributed by atoms with E-state index in [1.165, 1.54) is 50.0 Å². The first-order valence-electron chi connectivity index (χ1n) is 17.7. The van der Waals surface area contributed by atoms with Crippen molar-refractivity contribution in [3.05, 3.63) is 206 Å². The lowest BCUT2D eigenvalue weighted by Crippen LogP contribution is -2.89. The Morgan fingerprint density at radius 3 is 1.45 bits per heavy atom. The molecule has 10 rings (SSSR count). The molecule has 1 aromatic heterocycles. The van der Waals surface area contributed by atoms with Crippen LogP contribution in [0.15, 0.2) is 206 Å². The van der Waals surface area contributed by atoms with E-state index in [2.05, 4.69) is 221 Å². The first kappa shape index (κ1) is 29.3. The number of para-hydroxylation sites is 2. The van der Waals surface area contributed by atoms with E-state index >= 15 is 0 Å². The van der Waals surface area contributed by atoms with Crippen molar-refractivity contribution in [1.29, 1.82) is 0 Å². The number of pyridine rings is 1. The summed E-state index contributed by atoms with van der Waals surface area (Å²) >= 11 is 0. The van der Waals surface area contributed by atoms with E-state index in [4.69, 9.17) is 0 Å². The van der Waals surface area contributed by atoms with E-state index in [0.29, 0.717) is 0 Å². The Morgan fingerprint density at radius 2 is 0.804 bits per heavy atom. The van der Waals surface area contributed by atoms with Gasteiger partial charge in [0.2, 0.25) is 6.28 Å². The van der Waals surface area contributed by atoms with Crippen molar-refractivity contribution in [2.45, 2.75) is 0 Å². The van der Waals surface area contributed by atoms with Gasteiger partial charge in [0, 0.05) is 12.1 Å². The molecule has 240 valence electrons. The average molecular weight is 652 g/mol. The lowest BCUT2D eigenvalue weighted by molar-refractivity contribution is -0.512. The van der Waals surface area contributed by atoms with Crippen LogP contribution in [0, 0.1) is 0 Å². The van der Waals surface area contributed by atoms with Gasteiger partial charge in [-0.2, -0.15) is 5.46 Å². The third-order valence-electron chi connectivity index (χ3n) is 10.8. The fourth-order valence-electron chi connectivity index (χ4n) is 8.69. The van der Waals surface area contributed by atoms with Crippen LogP contribution in [0.3, 0.4) is 0 Å². The quantitative estimate of drug-likeness (QED) is 0.172. The molecule has 2 aliphatic rings. The molecule has 3 heterocycles. The molecule has 4 heteroatoms. The normalized spacial score (nSPS) is 15.5. The number of nitrogens with zero attached hydrogens (tertiary/aromatic N) is 3. The van der Waals surface area contributed by atoms with Crippen molar-refractivity contribution in [2.24, 2.45) is 0 Å². The number of hydrogen-bond donors (Lipinski definition) is 0. The predicted molar refractivity (Wildman–Crippen MR) is 213 cm³/mol. The maximum Gasteiger partial charge on any atom is 0.250 e. The lowest BCUT2D eigenvalue weighted by Gasteiger charge is -2.54. The Kier molecular flexibility index (Phi) is 6.75. The molecular weight excluding hydrogens is 617 g/mol. The second-order valence-corrected chi connectivity index (χ2v) is 13.5. The van der Waals surface area contributed by atoms with Crippen LogP contribution in [-0.4, -0.2) is 6.28 Å². The van der Waals surface area contributed by atoms with Gasteiger partial charge in [-0.3, -0.25) is 0 Å². The topological polar surface area (TPSA) is 10.4 Å². The van der Waals surface area contributed by atoms with Gasteiger partial charge in [-0.15, -0.1) is 10.9 Å². The van der Waals surface area contributed by atoms with E-state index in [9.17, 15) is 0 Å². The predicted octanol–water partition coefficient (Wildman–Crippen LogP) is 9.39. The smallest absolute Gasteiger partial charge is 0.250 e. The molecule has 0 fully saturated rings. The first-order chi connectivity index (χ1) is 25.3. The standard InChI is InChI=1S/C47H34BN3/c1-5-16-35(17-6-1)37-28-31-41(32-29-37)50-45-33-30-38(36-18-7-2-8-19-36)34-43(45)48(39-20-9-3-10-21-39)42-24-13-14-25-44(42)49(40-22-11-4-12-23-40)46-26-15-27-47(50)51(46)48/h1-34H. The van der Waals surface area contributed by atoms with Gasteiger partial charge in [-0.1, -0.05) is 152 Å². The fourth-order valence-corrected chi connectivity index (χ4v) is 8.69. The molecular formula is C47H34BN3. The summed E-state index contributed by atoms with van der Waals surface area (Å²) in [6.07, 6.45) is -1.72. The van der Waals surface area contributed by atoms with Crippen molar-refractivity contribution in [2.75, 3.05) is 9.80 Å². The minimum absolute atomic E-state index is 1.12. The van der Waals surface area contributed by atoms with E-state index < -0.39 is 6.28 Å². The van der Waals surface area contributed by atoms with Crippen molar-refractivity contribution < 1.29 is 4.48 Å². The number of fused-ring (bicyclic) bond motifs is 4. The summed E-state index contributed by atoms with van der Waals surface area (Å²) in [5, 5.41) is 0. The van der Waals surface area contributed by atoms with Crippen LogP contribution in [0.25, 0.3) is 22.3 Å². The van der Waals surface area contributed by atoms with Crippen LogP contribution in [-0.2, 0) is 0 Å². The summed E-state index contributed by atoms with van der Waals surface area (Å²) in [5.41, 5.74) is 13.3. The zero-order valence-corrected chi connectivity index (χ0v) is 28.0. The summed E-state index contributed by atoms with van der Waals surface area (Å²) in [6.45, 7) is 0. The Morgan fingerprint density at radius 1 is 0.333 bits per heavy atom. The molecule has 2 aliphatic heterocycles. The van der Waals surface area contributed by atoms with Crippen LogP contribution in [0.4, 0.5) is 34.4 Å². The summed E-state index contributed by atoms with van der Waals surface area (Å²) in [7, 11) is 0. The van der Waals surface area contributed by atoms with Gasteiger partial charge >= 0.3 is 0 Å². The Hall–Kier alpha value is -6.65. The van der Waals surface area contributed by atoms with Crippen molar-refractivity contribution >= 4 is 57.1 Å². The number of hydrogen-bond acceptors (Lipinski definition) is 2. The molecule has 1 unspecified atom stereocenters. The second kappa shape index (κ2) is 11.8. The van der Waals surface area contributed by atoms with E-state index in [1.807, 2.05) is 0 Å². The molecule has 1 atom stereocenters. The molecule has 51 heavy (non-hydrogen) atoms. The molecule has 0 bridgehead atoms. The average Bonchev–Trinajstić information content (AvgIpc) is 3.22. The summed E-state index contributed by atoms with van der Waals surface area (Å²) in [5.74, 6) is 2.25. The monoisotopic (exact) mass is 651 g/mol. The zero-order chi connectivity index (χ0) is 33.8. The first-order valence-corrected chi connectivity index (χ1v) is 17.7. The zero-order valence-electron chi connectivity index (χ0n) is 28.0. The summed E-state index contributed by atoms with van der Waals surface area (Å²) < 4.78 is 2.65. The number of anilines is 6. The largest absolute Gasteiger partial charge is 0.410 e. The van der Waals surface area contributed by atoms with Crippen LogP contribution >= 0.6 is 0 Å².